The third kappa shape index (κ3) is 2.77. The second-order valence-corrected chi connectivity index (χ2v) is 4.80. The Hall–Kier alpha value is -2.42. The zero-order valence-electron chi connectivity index (χ0n) is 11.5. The molecule has 3 heteroatoms. The van der Waals surface area contributed by atoms with Gasteiger partial charge in [-0.05, 0) is 17.5 Å². The summed E-state index contributed by atoms with van der Waals surface area (Å²) in [5.41, 5.74) is 4.58. The lowest BCUT2D eigenvalue weighted by atomic mass is 10.1. The van der Waals surface area contributed by atoms with Crippen LogP contribution >= 0.6 is 0 Å². The van der Waals surface area contributed by atoms with Crippen molar-refractivity contribution in [2.24, 2.45) is 0 Å². The quantitative estimate of drug-likeness (QED) is 0.720. The summed E-state index contributed by atoms with van der Waals surface area (Å²) in [6.07, 6.45) is 2.88. The van der Waals surface area contributed by atoms with Crippen LogP contribution in [0.3, 0.4) is 0 Å². The average molecular weight is 263 g/mol. The number of hydrogen-bond donors (Lipinski definition) is 0. The lowest BCUT2D eigenvalue weighted by Crippen LogP contribution is -2.03. The van der Waals surface area contributed by atoms with E-state index >= 15 is 0 Å². The van der Waals surface area contributed by atoms with Gasteiger partial charge in [-0.3, -0.25) is 0 Å². The second kappa shape index (κ2) is 5.70. The van der Waals surface area contributed by atoms with Crippen LogP contribution in [-0.4, -0.2) is 15.0 Å². The topological polar surface area (TPSA) is 30.7 Å². The highest BCUT2D eigenvalue weighted by molar-refractivity contribution is 5.57. The van der Waals surface area contributed by atoms with E-state index in [1.165, 1.54) is 11.1 Å². The predicted molar refractivity (Wildman–Crippen MR) is 80.4 cm³/mol. The zero-order chi connectivity index (χ0) is 13.8. The van der Waals surface area contributed by atoms with Crippen molar-refractivity contribution in [3.63, 3.8) is 0 Å². The minimum atomic E-state index is 0.702. The number of hydrogen-bond acceptors (Lipinski definition) is 2. The molecular weight excluding hydrogens is 246 g/mol. The number of benzene rings is 2. The van der Waals surface area contributed by atoms with Crippen molar-refractivity contribution in [3.8, 4) is 11.3 Å². The Balaban J connectivity index is 1.79. The van der Waals surface area contributed by atoms with Crippen LogP contribution in [0.4, 0.5) is 0 Å². The minimum Gasteiger partial charge on any atom is -0.180 e. The molecule has 0 atom stereocenters. The van der Waals surface area contributed by atoms with Crippen molar-refractivity contribution < 1.29 is 0 Å². The highest BCUT2D eigenvalue weighted by atomic mass is 15.5. The number of rotatable bonds is 4. The first-order chi connectivity index (χ1) is 9.85. The van der Waals surface area contributed by atoms with Gasteiger partial charge in [0, 0.05) is 5.56 Å². The van der Waals surface area contributed by atoms with Crippen LogP contribution in [0.5, 0.6) is 0 Å². The van der Waals surface area contributed by atoms with Crippen molar-refractivity contribution in [3.05, 3.63) is 71.9 Å². The highest BCUT2D eigenvalue weighted by Crippen LogP contribution is 2.17. The first-order valence-corrected chi connectivity index (χ1v) is 6.88. The summed E-state index contributed by atoms with van der Waals surface area (Å²) in [6, 6.07) is 18.7. The van der Waals surface area contributed by atoms with Gasteiger partial charge in [0.05, 0.1) is 12.7 Å². The van der Waals surface area contributed by atoms with E-state index in [0.717, 1.165) is 17.7 Å². The van der Waals surface area contributed by atoms with Crippen molar-refractivity contribution in [1.82, 2.24) is 15.0 Å². The van der Waals surface area contributed by atoms with Gasteiger partial charge in [0.1, 0.15) is 5.69 Å². The molecule has 3 rings (SSSR count). The van der Waals surface area contributed by atoms with Gasteiger partial charge in [-0.2, -0.15) is 15.0 Å². The first-order valence-electron chi connectivity index (χ1n) is 6.88. The van der Waals surface area contributed by atoms with Gasteiger partial charge in [0.25, 0.3) is 0 Å². The lowest BCUT2D eigenvalue weighted by molar-refractivity contribution is 0.592. The molecule has 0 aliphatic heterocycles. The molecule has 20 heavy (non-hydrogen) atoms. The third-order valence-corrected chi connectivity index (χ3v) is 3.36. The van der Waals surface area contributed by atoms with Gasteiger partial charge < -0.3 is 0 Å². The van der Waals surface area contributed by atoms with Crippen LogP contribution in [0, 0.1) is 0 Å². The summed E-state index contributed by atoms with van der Waals surface area (Å²) >= 11 is 0. The number of nitrogens with zero attached hydrogens (tertiary/aromatic N) is 3. The van der Waals surface area contributed by atoms with Crippen LogP contribution < -0.4 is 0 Å². The van der Waals surface area contributed by atoms with E-state index in [9.17, 15) is 0 Å². The molecule has 0 aliphatic rings. The third-order valence-electron chi connectivity index (χ3n) is 3.36. The first kappa shape index (κ1) is 12.6. The summed E-state index contributed by atoms with van der Waals surface area (Å²) in [6.45, 7) is 2.86. The lowest BCUT2D eigenvalue weighted by Gasteiger charge is -2.00. The van der Waals surface area contributed by atoms with E-state index in [0.29, 0.717) is 6.54 Å². The van der Waals surface area contributed by atoms with Crippen molar-refractivity contribution >= 4 is 0 Å². The Kier molecular flexibility index (Phi) is 3.59. The molecule has 0 fully saturated rings. The molecule has 1 aromatic heterocycles. The molecule has 0 aliphatic carbocycles. The normalized spacial score (nSPS) is 10.7. The van der Waals surface area contributed by atoms with E-state index < -0.39 is 0 Å². The highest BCUT2D eigenvalue weighted by Gasteiger charge is 2.04. The Bertz CT molecular complexity index is 669. The summed E-state index contributed by atoms with van der Waals surface area (Å²) in [7, 11) is 0. The Morgan fingerprint density at radius 3 is 2.35 bits per heavy atom. The summed E-state index contributed by atoms with van der Waals surface area (Å²) in [5, 5.41) is 8.87. The SMILES string of the molecule is CCc1ccc(-c2cnn(Cc3ccccc3)n2)cc1. The van der Waals surface area contributed by atoms with Gasteiger partial charge in [-0.1, -0.05) is 61.5 Å². The van der Waals surface area contributed by atoms with E-state index in [1.807, 2.05) is 24.4 Å². The molecule has 0 unspecified atom stereocenters. The van der Waals surface area contributed by atoms with Crippen LogP contribution in [0.25, 0.3) is 11.3 Å². The van der Waals surface area contributed by atoms with Gasteiger partial charge in [0.15, 0.2) is 0 Å². The molecule has 100 valence electrons. The van der Waals surface area contributed by atoms with E-state index in [4.69, 9.17) is 0 Å². The molecule has 0 bridgehead atoms. The van der Waals surface area contributed by atoms with Crippen molar-refractivity contribution in [2.45, 2.75) is 19.9 Å². The molecule has 0 amide bonds. The molecule has 3 aromatic rings. The summed E-state index contributed by atoms with van der Waals surface area (Å²) in [4.78, 5) is 1.73. The molecule has 2 aromatic carbocycles. The predicted octanol–water partition coefficient (Wildman–Crippen LogP) is 3.56. The van der Waals surface area contributed by atoms with Crippen LogP contribution in [0.15, 0.2) is 60.8 Å². The smallest absolute Gasteiger partial charge is 0.113 e. The fourth-order valence-corrected chi connectivity index (χ4v) is 2.16. The Labute approximate surface area is 118 Å². The zero-order valence-corrected chi connectivity index (χ0v) is 11.5. The molecular formula is C17H17N3. The van der Waals surface area contributed by atoms with Crippen molar-refractivity contribution in [2.75, 3.05) is 0 Å². The monoisotopic (exact) mass is 263 g/mol. The summed E-state index contributed by atoms with van der Waals surface area (Å²) < 4.78 is 0. The second-order valence-electron chi connectivity index (χ2n) is 4.80. The van der Waals surface area contributed by atoms with Gasteiger partial charge in [0.2, 0.25) is 0 Å². The average Bonchev–Trinajstić information content (AvgIpc) is 2.97. The number of aromatic nitrogens is 3. The minimum absolute atomic E-state index is 0.702. The largest absolute Gasteiger partial charge is 0.180 e. The maximum atomic E-state index is 4.54. The maximum Gasteiger partial charge on any atom is 0.113 e. The molecule has 0 saturated carbocycles. The molecule has 0 spiro atoms. The molecule has 1 heterocycles. The van der Waals surface area contributed by atoms with E-state index in [1.54, 1.807) is 4.80 Å². The molecule has 0 saturated heterocycles. The molecule has 3 nitrogen and oxygen atoms in total. The maximum absolute atomic E-state index is 4.54. The van der Waals surface area contributed by atoms with Crippen LogP contribution in [-0.2, 0) is 13.0 Å². The Morgan fingerprint density at radius 1 is 0.900 bits per heavy atom. The number of aryl methyl sites for hydroxylation is 1. The Morgan fingerprint density at radius 2 is 1.65 bits per heavy atom. The standard InChI is InChI=1S/C17H17N3/c1-2-14-8-10-16(11-9-14)17-12-18-20(19-17)13-15-6-4-3-5-7-15/h3-12H,2,13H2,1H3. The van der Waals surface area contributed by atoms with Gasteiger partial charge in [-0.25, -0.2) is 0 Å². The van der Waals surface area contributed by atoms with Crippen LogP contribution in [0.1, 0.15) is 18.1 Å². The molecule has 0 N–H and O–H groups in total. The van der Waals surface area contributed by atoms with Gasteiger partial charge >= 0.3 is 0 Å². The fraction of sp³-hybridized carbons (Fsp3) is 0.176. The van der Waals surface area contributed by atoms with E-state index in [-0.39, 0.29) is 0 Å². The summed E-state index contributed by atoms with van der Waals surface area (Å²) in [5.74, 6) is 0. The fourth-order valence-electron chi connectivity index (χ4n) is 2.16. The van der Waals surface area contributed by atoms with Crippen LogP contribution in [0.2, 0.25) is 0 Å². The van der Waals surface area contributed by atoms with E-state index in [2.05, 4.69) is 53.5 Å². The van der Waals surface area contributed by atoms with Crippen molar-refractivity contribution in [1.29, 1.82) is 0 Å². The molecule has 0 radical (unpaired) electrons. The van der Waals surface area contributed by atoms with Gasteiger partial charge in [-0.15, -0.1) is 0 Å².